The van der Waals surface area contributed by atoms with Crippen LogP contribution in [-0.4, -0.2) is 17.6 Å². The standard InChI is InChI=1S/C13H16F2N2O3/c1-2-3-8-6-10(8)16-9-4-5-11(17(18)19)12(7-9)20-13(14)15/h4-5,7-8,10,13,16H,2-3,6H2,1H3. The molecule has 7 heteroatoms. The number of nitrogens with one attached hydrogen (secondary N) is 1. The highest BCUT2D eigenvalue weighted by atomic mass is 19.3. The van der Waals surface area contributed by atoms with Gasteiger partial charge in [0.05, 0.1) is 4.92 Å². The van der Waals surface area contributed by atoms with E-state index in [2.05, 4.69) is 17.0 Å². The molecule has 2 unspecified atom stereocenters. The maximum Gasteiger partial charge on any atom is 0.387 e. The summed E-state index contributed by atoms with van der Waals surface area (Å²) >= 11 is 0. The highest BCUT2D eigenvalue weighted by molar-refractivity contribution is 5.58. The molecule has 0 amide bonds. The molecule has 1 aliphatic rings. The lowest BCUT2D eigenvalue weighted by molar-refractivity contribution is -0.386. The molecule has 0 radical (unpaired) electrons. The zero-order chi connectivity index (χ0) is 14.7. The molecule has 0 spiro atoms. The number of anilines is 1. The van der Waals surface area contributed by atoms with Crippen LogP contribution >= 0.6 is 0 Å². The monoisotopic (exact) mass is 286 g/mol. The zero-order valence-electron chi connectivity index (χ0n) is 11.0. The van der Waals surface area contributed by atoms with Gasteiger partial charge in [-0.1, -0.05) is 13.3 Å². The number of nitro benzene ring substituents is 1. The summed E-state index contributed by atoms with van der Waals surface area (Å²) in [5, 5.41) is 13.9. The summed E-state index contributed by atoms with van der Waals surface area (Å²) < 4.78 is 28.7. The molecule has 0 saturated heterocycles. The molecular weight excluding hydrogens is 270 g/mol. The number of hydrogen-bond donors (Lipinski definition) is 1. The van der Waals surface area contributed by atoms with Crippen LogP contribution in [0.2, 0.25) is 0 Å². The van der Waals surface area contributed by atoms with E-state index in [1.807, 2.05) is 0 Å². The fourth-order valence-electron chi connectivity index (χ4n) is 2.27. The Kier molecular flexibility index (Phi) is 4.36. The average Bonchev–Trinajstić information content (AvgIpc) is 3.06. The quantitative estimate of drug-likeness (QED) is 0.611. The van der Waals surface area contributed by atoms with Crippen molar-refractivity contribution in [2.75, 3.05) is 5.32 Å². The van der Waals surface area contributed by atoms with Crippen molar-refractivity contribution < 1.29 is 18.4 Å². The molecule has 110 valence electrons. The van der Waals surface area contributed by atoms with E-state index in [-0.39, 0.29) is 0 Å². The predicted octanol–water partition coefficient (Wildman–Crippen LogP) is 3.80. The third-order valence-electron chi connectivity index (χ3n) is 3.31. The van der Waals surface area contributed by atoms with Crippen LogP contribution in [0.3, 0.4) is 0 Å². The molecule has 1 aliphatic carbocycles. The van der Waals surface area contributed by atoms with Crippen molar-refractivity contribution in [3.05, 3.63) is 28.3 Å². The van der Waals surface area contributed by atoms with Gasteiger partial charge in [0, 0.05) is 23.9 Å². The van der Waals surface area contributed by atoms with Gasteiger partial charge in [-0.25, -0.2) is 0 Å². The third kappa shape index (κ3) is 3.55. The summed E-state index contributed by atoms with van der Waals surface area (Å²) in [6.45, 7) is -0.978. The Morgan fingerprint density at radius 3 is 2.90 bits per heavy atom. The number of nitrogens with zero attached hydrogens (tertiary/aromatic N) is 1. The molecule has 1 aromatic carbocycles. The van der Waals surface area contributed by atoms with Crippen LogP contribution < -0.4 is 10.1 Å². The van der Waals surface area contributed by atoms with Crippen LogP contribution in [0.25, 0.3) is 0 Å². The van der Waals surface area contributed by atoms with E-state index in [0.29, 0.717) is 17.6 Å². The van der Waals surface area contributed by atoms with Gasteiger partial charge in [0.2, 0.25) is 5.75 Å². The van der Waals surface area contributed by atoms with E-state index < -0.39 is 23.0 Å². The lowest BCUT2D eigenvalue weighted by Crippen LogP contribution is -2.07. The van der Waals surface area contributed by atoms with Crippen molar-refractivity contribution >= 4 is 11.4 Å². The first-order valence-corrected chi connectivity index (χ1v) is 6.51. The van der Waals surface area contributed by atoms with E-state index in [1.165, 1.54) is 18.2 Å². The Labute approximate surface area is 115 Å². The first-order valence-electron chi connectivity index (χ1n) is 6.51. The molecule has 2 rings (SSSR count). The van der Waals surface area contributed by atoms with E-state index in [4.69, 9.17) is 0 Å². The SMILES string of the molecule is CCCC1CC1Nc1ccc([N+](=O)[O-])c(OC(F)F)c1. The van der Waals surface area contributed by atoms with Crippen molar-refractivity contribution in [1.82, 2.24) is 0 Å². The molecule has 1 aromatic rings. The van der Waals surface area contributed by atoms with Crippen LogP contribution in [0, 0.1) is 16.0 Å². The number of nitro groups is 1. The first-order chi connectivity index (χ1) is 9.51. The minimum Gasteiger partial charge on any atom is -0.427 e. The number of hydrogen-bond acceptors (Lipinski definition) is 4. The summed E-state index contributed by atoms with van der Waals surface area (Å²) in [4.78, 5) is 10.0. The largest absolute Gasteiger partial charge is 0.427 e. The Bertz CT molecular complexity index is 497. The minimum atomic E-state index is -3.09. The second-order valence-electron chi connectivity index (χ2n) is 4.85. The molecule has 0 aliphatic heterocycles. The van der Waals surface area contributed by atoms with Crippen LogP contribution in [0.15, 0.2) is 18.2 Å². The van der Waals surface area contributed by atoms with E-state index in [1.54, 1.807) is 0 Å². The highest BCUT2D eigenvalue weighted by Gasteiger charge is 2.36. The van der Waals surface area contributed by atoms with Crippen LogP contribution in [0.1, 0.15) is 26.2 Å². The predicted molar refractivity (Wildman–Crippen MR) is 70.2 cm³/mol. The van der Waals surface area contributed by atoms with Crippen LogP contribution in [0.5, 0.6) is 5.75 Å². The van der Waals surface area contributed by atoms with E-state index in [0.717, 1.165) is 19.3 Å². The molecule has 0 aromatic heterocycles. The van der Waals surface area contributed by atoms with Gasteiger partial charge >= 0.3 is 12.3 Å². The van der Waals surface area contributed by atoms with Gasteiger partial charge in [-0.3, -0.25) is 10.1 Å². The van der Waals surface area contributed by atoms with Crippen molar-refractivity contribution in [1.29, 1.82) is 0 Å². The number of benzene rings is 1. The topological polar surface area (TPSA) is 64.4 Å². The molecule has 1 saturated carbocycles. The zero-order valence-corrected chi connectivity index (χ0v) is 11.0. The summed E-state index contributed by atoms with van der Waals surface area (Å²) in [6.07, 6.45) is 3.25. The van der Waals surface area contributed by atoms with E-state index in [9.17, 15) is 18.9 Å². The van der Waals surface area contributed by atoms with Gasteiger partial charge in [-0.05, 0) is 24.8 Å². The van der Waals surface area contributed by atoms with Gasteiger partial charge in [-0.2, -0.15) is 8.78 Å². The lowest BCUT2D eigenvalue weighted by Gasteiger charge is -2.09. The fourth-order valence-corrected chi connectivity index (χ4v) is 2.27. The number of rotatable bonds is 7. The molecule has 1 fully saturated rings. The normalized spacial score (nSPS) is 20.8. The second-order valence-corrected chi connectivity index (χ2v) is 4.85. The molecule has 2 atom stereocenters. The molecule has 1 N–H and O–H groups in total. The Morgan fingerprint density at radius 1 is 1.55 bits per heavy atom. The number of alkyl halides is 2. The Morgan fingerprint density at radius 2 is 2.30 bits per heavy atom. The van der Waals surface area contributed by atoms with Crippen LogP contribution in [-0.2, 0) is 0 Å². The fraction of sp³-hybridized carbons (Fsp3) is 0.538. The first kappa shape index (κ1) is 14.5. The molecular formula is C13H16F2N2O3. The van der Waals surface area contributed by atoms with Crippen molar-refractivity contribution in [3.8, 4) is 5.75 Å². The van der Waals surface area contributed by atoms with Gasteiger partial charge in [-0.15, -0.1) is 0 Å². The maximum atomic E-state index is 12.3. The molecule has 5 nitrogen and oxygen atoms in total. The Balaban J connectivity index is 2.09. The smallest absolute Gasteiger partial charge is 0.387 e. The van der Waals surface area contributed by atoms with Gasteiger partial charge < -0.3 is 10.1 Å². The number of halogens is 2. The van der Waals surface area contributed by atoms with Gasteiger partial charge in [0.15, 0.2) is 0 Å². The number of ether oxygens (including phenoxy) is 1. The molecule has 0 heterocycles. The highest BCUT2D eigenvalue weighted by Crippen LogP contribution is 2.39. The molecule has 0 bridgehead atoms. The maximum absolute atomic E-state index is 12.3. The lowest BCUT2D eigenvalue weighted by atomic mass is 10.2. The van der Waals surface area contributed by atoms with Crippen molar-refractivity contribution in [2.24, 2.45) is 5.92 Å². The van der Waals surface area contributed by atoms with Crippen LogP contribution in [0.4, 0.5) is 20.2 Å². The van der Waals surface area contributed by atoms with Gasteiger partial charge in [0.1, 0.15) is 0 Å². The van der Waals surface area contributed by atoms with Crippen molar-refractivity contribution in [3.63, 3.8) is 0 Å². The third-order valence-corrected chi connectivity index (χ3v) is 3.31. The summed E-state index contributed by atoms with van der Waals surface area (Å²) in [5.41, 5.74) is 0.103. The average molecular weight is 286 g/mol. The van der Waals surface area contributed by atoms with Crippen molar-refractivity contribution in [2.45, 2.75) is 38.8 Å². The Hall–Kier alpha value is -1.92. The molecule has 20 heavy (non-hydrogen) atoms. The van der Waals surface area contributed by atoms with Gasteiger partial charge in [0.25, 0.3) is 0 Å². The second kappa shape index (κ2) is 6.02. The summed E-state index contributed by atoms with van der Waals surface area (Å²) in [6, 6.07) is 4.26. The summed E-state index contributed by atoms with van der Waals surface area (Å²) in [7, 11) is 0. The summed E-state index contributed by atoms with van der Waals surface area (Å²) in [5.74, 6) is 0.178. The van der Waals surface area contributed by atoms with E-state index >= 15 is 0 Å². The minimum absolute atomic E-state index is 0.316.